The number of halogens is 1. The van der Waals surface area contributed by atoms with Gasteiger partial charge in [-0.05, 0) is 35.6 Å². The van der Waals surface area contributed by atoms with Crippen molar-refractivity contribution >= 4 is 11.4 Å². The summed E-state index contributed by atoms with van der Waals surface area (Å²) in [6, 6.07) is 9.52. The standard InChI is InChI=1S/C19H17FN2O3/c1-25-17-10-13(22(23)24)9-16-14-6-3-7-15(14)18(21-19(16)17)11-4-2-5-12(20)8-11/h2-6,8-10,14-15,18,21H,7H2,1H3/t14-,15+,18+/m0/s1. The van der Waals surface area contributed by atoms with E-state index in [1.54, 1.807) is 12.1 Å². The van der Waals surface area contributed by atoms with Crippen LogP contribution in [0.25, 0.3) is 0 Å². The van der Waals surface area contributed by atoms with Gasteiger partial charge in [-0.2, -0.15) is 0 Å². The summed E-state index contributed by atoms with van der Waals surface area (Å²) in [6.45, 7) is 0. The molecular formula is C19H17FN2O3. The number of allylic oxidation sites excluding steroid dienone is 2. The maximum absolute atomic E-state index is 13.7. The molecule has 2 aliphatic rings. The number of nitrogens with zero attached hydrogens (tertiary/aromatic N) is 1. The number of hydrogen-bond acceptors (Lipinski definition) is 4. The van der Waals surface area contributed by atoms with Crippen molar-refractivity contribution in [3.8, 4) is 5.75 Å². The SMILES string of the molecule is COc1cc([N+](=O)[O-])cc2c1N[C@H](c1cccc(F)c1)[C@@H]1CC=C[C@H]21. The molecule has 1 aliphatic carbocycles. The highest BCUT2D eigenvalue weighted by Gasteiger charge is 2.40. The lowest BCUT2D eigenvalue weighted by Crippen LogP contribution is -2.29. The van der Waals surface area contributed by atoms with E-state index in [-0.39, 0.29) is 29.4 Å². The second-order valence-corrected chi connectivity index (χ2v) is 6.40. The summed E-state index contributed by atoms with van der Waals surface area (Å²) < 4.78 is 19.1. The van der Waals surface area contributed by atoms with Crippen LogP contribution in [0.1, 0.15) is 29.5 Å². The first kappa shape index (κ1) is 15.6. The van der Waals surface area contributed by atoms with Gasteiger partial charge in [0.2, 0.25) is 0 Å². The van der Waals surface area contributed by atoms with Crippen LogP contribution in [0.15, 0.2) is 48.6 Å². The lowest BCUT2D eigenvalue weighted by atomic mass is 9.76. The average molecular weight is 340 g/mol. The average Bonchev–Trinajstić information content (AvgIpc) is 3.10. The van der Waals surface area contributed by atoms with E-state index in [1.165, 1.54) is 25.3 Å². The molecule has 128 valence electrons. The van der Waals surface area contributed by atoms with E-state index in [9.17, 15) is 14.5 Å². The van der Waals surface area contributed by atoms with E-state index in [0.29, 0.717) is 5.75 Å². The number of benzene rings is 2. The highest BCUT2D eigenvalue weighted by molar-refractivity contribution is 5.71. The molecule has 4 rings (SSSR count). The van der Waals surface area contributed by atoms with Crippen molar-refractivity contribution in [1.29, 1.82) is 0 Å². The first-order chi connectivity index (χ1) is 12.1. The van der Waals surface area contributed by atoms with Crippen molar-refractivity contribution < 1.29 is 14.1 Å². The summed E-state index contributed by atoms with van der Waals surface area (Å²) in [6.07, 6.45) is 5.01. The van der Waals surface area contributed by atoms with Crippen molar-refractivity contribution in [2.24, 2.45) is 5.92 Å². The molecule has 1 aliphatic heterocycles. The van der Waals surface area contributed by atoms with Crippen LogP contribution < -0.4 is 10.1 Å². The molecule has 25 heavy (non-hydrogen) atoms. The third-order valence-corrected chi connectivity index (χ3v) is 5.06. The number of non-ortho nitro benzene ring substituents is 1. The van der Waals surface area contributed by atoms with Gasteiger partial charge < -0.3 is 10.1 Å². The van der Waals surface area contributed by atoms with Crippen LogP contribution in [0.3, 0.4) is 0 Å². The highest BCUT2D eigenvalue weighted by Crippen LogP contribution is 2.53. The van der Waals surface area contributed by atoms with E-state index >= 15 is 0 Å². The molecule has 0 saturated heterocycles. The Labute approximate surface area is 144 Å². The van der Waals surface area contributed by atoms with E-state index in [0.717, 1.165) is 23.2 Å². The summed E-state index contributed by atoms with van der Waals surface area (Å²) >= 11 is 0. The van der Waals surface area contributed by atoms with Crippen molar-refractivity contribution in [3.05, 3.63) is 75.6 Å². The smallest absolute Gasteiger partial charge is 0.273 e. The lowest BCUT2D eigenvalue weighted by molar-refractivity contribution is -0.385. The molecule has 5 nitrogen and oxygen atoms in total. The second kappa shape index (κ2) is 5.88. The Morgan fingerprint density at radius 3 is 2.88 bits per heavy atom. The third kappa shape index (κ3) is 2.54. The van der Waals surface area contributed by atoms with Crippen molar-refractivity contribution in [3.63, 3.8) is 0 Å². The Kier molecular flexibility index (Phi) is 3.67. The molecule has 0 saturated carbocycles. The Morgan fingerprint density at radius 1 is 1.32 bits per heavy atom. The van der Waals surface area contributed by atoms with Gasteiger partial charge in [-0.25, -0.2) is 4.39 Å². The number of methoxy groups -OCH3 is 1. The van der Waals surface area contributed by atoms with Crippen LogP contribution in [0, 0.1) is 21.8 Å². The molecule has 0 bridgehead atoms. The van der Waals surface area contributed by atoms with Crippen LogP contribution in [-0.4, -0.2) is 12.0 Å². The largest absolute Gasteiger partial charge is 0.494 e. The Bertz CT molecular complexity index is 881. The number of fused-ring (bicyclic) bond motifs is 3. The molecule has 1 heterocycles. The molecule has 0 radical (unpaired) electrons. The molecule has 0 fully saturated rings. The second-order valence-electron chi connectivity index (χ2n) is 6.40. The topological polar surface area (TPSA) is 64.4 Å². The first-order valence-corrected chi connectivity index (χ1v) is 8.13. The van der Waals surface area contributed by atoms with Crippen molar-refractivity contribution in [2.45, 2.75) is 18.4 Å². The Morgan fingerprint density at radius 2 is 2.16 bits per heavy atom. The molecule has 3 atom stereocenters. The van der Waals surface area contributed by atoms with Gasteiger partial charge in [0.1, 0.15) is 11.6 Å². The molecule has 2 aromatic rings. The van der Waals surface area contributed by atoms with E-state index in [4.69, 9.17) is 4.74 Å². The minimum atomic E-state index is -0.408. The van der Waals surface area contributed by atoms with E-state index in [1.807, 2.05) is 6.07 Å². The van der Waals surface area contributed by atoms with Gasteiger partial charge in [0.15, 0.2) is 0 Å². The number of nitrogens with one attached hydrogen (secondary N) is 1. The minimum absolute atomic E-state index is 0.0145. The van der Waals surface area contributed by atoms with E-state index < -0.39 is 4.92 Å². The number of anilines is 1. The Hall–Kier alpha value is -2.89. The monoisotopic (exact) mass is 340 g/mol. The molecule has 6 heteroatoms. The predicted octanol–water partition coefficient (Wildman–Crippen LogP) is 4.57. The van der Waals surface area contributed by atoms with Crippen LogP contribution in [0.4, 0.5) is 15.8 Å². The summed E-state index contributed by atoms with van der Waals surface area (Å²) in [5, 5.41) is 14.7. The zero-order chi connectivity index (χ0) is 17.6. The summed E-state index contributed by atoms with van der Waals surface area (Å²) in [4.78, 5) is 10.8. The van der Waals surface area contributed by atoms with Crippen molar-refractivity contribution in [1.82, 2.24) is 0 Å². The number of hydrogen-bond donors (Lipinski definition) is 1. The first-order valence-electron chi connectivity index (χ1n) is 8.13. The van der Waals surface area contributed by atoms with Gasteiger partial charge in [0.25, 0.3) is 5.69 Å². The predicted molar refractivity (Wildman–Crippen MR) is 92.4 cm³/mol. The maximum Gasteiger partial charge on any atom is 0.273 e. The fourth-order valence-electron chi connectivity index (χ4n) is 3.95. The van der Waals surface area contributed by atoms with Gasteiger partial charge in [-0.3, -0.25) is 10.1 Å². The summed E-state index contributed by atoms with van der Waals surface area (Å²) in [5.41, 5.74) is 2.48. The fraction of sp³-hybridized carbons (Fsp3) is 0.263. The van der Waals surface area contributed by atoms with Crippen LogP contribution in [0.5, 0.6) is 5.75 Å². The van der Waals surface area contributed by atoms with E-state index in [2.05, 4.69) is 17.5 Å². The number of rotatable bonds is 3. The molecule has 1 N–H and O–H groups in total. The lowest BCUT2D eigenvalue weighted by Gasteiger charge is -2.38. The fourth-order valence-corrected chi connectivity index (χ4v) is 3.95. The summed E-state index contributed by atoms with van der Waals surface area (Å²) in [5.74, 6) is 0.381. The number of nitro groups is 1. The minimum Gasteiger partial charge on any atom is -0.494 e. The molecule has 0 aromatic heterocycles. The summed E-state index contributed by atoms with van der Waals surface area (Å²) in [7, 11) is 1.49. The maximum atomic E-state index is 13.7. The van der Waals surface area contributed by atoms with Gasteiger partial charge in [-0.1, -0.05) is 24.3 Å². The highest BCUT2D eigenvalue weighted by atomic mass is 19.1. The zero-order valence-electron chi connectivity index (χ0n) is 13.6. The molecule has 2 aromatic carbocycles. The van der Waals surface area contributed by atoms with Gasteiger partial charge in [0.05, 0.1) is 29.8 Å². The van der Waals surface area contributed by atoms with Crippen molar-refractivity contribution in [2.75, 3.05) is 12.4 Å². The van der Waals surface area contributed by atoms with Crippen LogP contribution in [0.2, 0.25) is 0 Å². The third-order valence-electron chi connectivity index (χ3n) is 5.06. The zero-order valence-corrected chi connectivity index (χ0v) is 13.6. The van der Waals surface area contributed by atoms with Crippen LogP contribution in [-0.2, 0) is 0 Å². The normalized spacial score (nSPS) is 23.5. The molecule has 0 spiro atoms. The van der Waals surface area contributed by atoms with Crippen LogP contribution >= 0.6 is 0 Å². The van der Waals surface area contributed by atoms with Gasteiger partial charge >= 0.3 is 0 Å². The Balaban J connectivity index is 1.85. The molecule has 0 unspecified atom stereocenters. The molecule has 0 amide bonds. The van der Waals surface area contributed by atoms with Gasteiger partial charge in [0, 0.05) is 12.0 Å². The molecular weight excluding hydrogens is 323 g/mol. The quantitative estimate of drug-likeness (QED) is 0.505. The number of ether oxygens (including phenoxy) is 1. The van der Waals surface area contributed by atoms with Gasteiger partial charge in [-0.15, -0.1) is 0 Å². The number of nitro benzene ring substituents is 1.